The maximum Gasteiger partial charge on any atom is 0.323 e. The Hall–Kier alpha value is -1.58. The first-order valence-electron chi connectivity index (χ1n) is 5.51. The Morgan fingerprint density at radius 2 is 2.31 bits per heavy atom. The fraction of sp³-hybridized carbons (Fsp3) is 0.500. The molecule has 0 aromatic rings. The van der Waals surface area contributed by atoms with Crippen molar-refractivity contribution in [3.05, 3.63) is 23.8 Å². The largest absolute Gasteiger partial charge is 0.480 e. The highest BCUT2D eigenvalue weighted by atomic mass is 16.4. The number of allylic oxidation sites excluding steroid dienone is 3. The van der Waals surface area contributed by atoms with E-state index in [4.69, 9.17) is 5.11 Å². The number of nitrogens with zero attached hydrogens (tertiary/aromatic N) is 1. The molecular weight excluding hydrogens is 206 g/mol. The van der Waals surface area contributed by atoms with Crippen LogP contribution in [0, 0.1) is 0 Å². The second-order valence-electron chi connectivity index (χ2n) is 3.75. The molecular formula is C12H17NO3. The van der Waals surface area contributed by atoms with E-state index >= 15 is 0 Å². The fourth-order valence-corrected chi connectivity index (χ4v) is 1.64. The van der Waals surface area contributed by atoms with E-state index in [1.807, 2.05) is 0 Å². The number of hydrogen-bond donors (Lipinski definition) is 1. The first-order valence-corrected chi connectivity index (χ1v) is 5.51. The van der Waals surface area contributed by atoms with Gasteiger partial charge in [0.15, 0.2) is 0 Å². The van der Waals surface area contributed by atoms with Crippen molar-refractivity contribution in [1.29, 1.82) is 0 Å². The predicted molar refractivity (Wildman–Crippen MR) is 61.0 cm³/mol. The zero-order valence-corrected chi connectivity index (χ0v) is 9.48. The first-order chi connectivity index (χ1) is 7.63. The minimum absolute atomic E-state index is 0.237. The van der Waals surface area contributed by atoms with Gasteiger partial charge in [0.2, 0.25) is 5.91 Å². The van der Waals surface area contributed by atoms with Crippen molar-refractivity contribution in [3.63, 3.8) is 0 Å². The molecule has 1 aliphatic rings. The number of carboxylic acids is 1. The topological polar surface area (TPSA) is 57.6 Å². The molecule has 0 heterocycles. The molecule has 0 aromatic carbocycles. The molecule has 0 fully saturated rings. The maximum absolute atomic E-state index is 11.6. The molecule has 16 heavy (non-hydrogen) atoms. The Labute approximate surface area is 95.2 Å². The molecule has 0 spiro atoms. The van der Waals surface area contributed by atoms with Gasteiger partial charge >= 0.3 is 5.97 Å². The molecule has 88 valence electrons. The van der Waals surface area contributed by atoms with Gasteiger partial charge in [0, 0.05) is 12.6 Å². The van der Waals surface area contributed by atoms with Gasteiger partial charge in [-0.15, -0.1) is 0 Å². The van der Waals surface area contributed by atoms with Crippen molar-refractivity contribution in [1.82, 2.24) is 4.90 Å². The van der Waals surface area contributed by atoms with Gasteiger partial charge in [0.25, 0.3) is 0 Å². The molecule has 0 radical (unpaired) electrons. The lowest BCUT2D eigenvalue weighted by Crippen LogP contribution is -2.34. The summed E-state index contributed by atoms with van der Waals surface area (Å²) in [6.45, 7) is 1.94. The van der Waals surface area contributed by atoms with Gasteiger partial charge < -0.3 is 10.0 Å². The average Bonchev–Trinajstić information content (AvgIpc) is 2.75. The lowest BCUT2D eigenvalue weighted by Gasteiger charge is -2.15. The third-order valence-electron chi connectivity index (χ3n) is 2.54. The average molecular weight is 223 g/mol. The number of carbonyl (C=O) groups is 2. The molecule has 0 atom stereocenters. The van der Waals surface area contributed by atoms with Crippen molar-refractivity contribution in [2.45, 2.75) is 26.2 Å². The van der Waals surface area contributed by atoms with E-state index in [0.717, 1.165) is 19.3 Å². The van der Waals surface area contributed by atoms with Crippen molar-refractivity contribution < 1.29 is 14.7 Å². The van der Waals surface area contributed by atoms with Crippen LogP contribution in [0.5, 0.6) is 0 Å². The number of rotatable bonds is 5. The van der Waals surface area contributed by atoms with E-state index in [0.29, 0.717) is 6.54 Å². The summed E-state index contributed by atoms with van der Waals surface area (Å²) in [5.41, 5.74) is 1.17. The van der Waals surface area contributed by atoms with Crippen LogP contribution in [0.4, 0.5) is 0 Å². The Bertz CT molecular complexity index is 331. The first kappa shape index (κ1) is 12.5. The molecule has 0 saturated heterocycles. The highest BCUT2D eigenvalue weighted by molar-refractivity contribution is 5.90. The van der Waals surface area contributed by atoms with Crippen molar-refractivity contribution >= 4 is 11.9 Å². The van der Waals surface area contributed by atoms with Gasteiger partial charge in [0.05, 0.1) is 0 Å². The van der Waals surface area contributed by atoms with Crippen LogP contribution >= 0.6 is 0 Å². The van der Waals surface area contributed by atoms with E-state index in [1.54, 1.807) is 13.0 Å². The molecule has 0 bridgehead atoms. The number of hydrogen-bond acceptors (Lipinski definition) is 2. The van der Waals surface area contributed by atoms with Gasteiger partial charge in [-0.05, 0) is 26.2 Å². The van der Waals surface area contributed by atoms with Gasteiger partial charge in [-0.3, -0.25) is 9.59 Å². The zero-order chi connectivity index (χ0) is 12.0. The summed E-state index contributed by atoms with van der Waals surface area (Å²) in [6, 6.07) is 0. The highest BCUT2D eigenvalue weighted by Crippen LogP contribution is 2.18. The lowest BCUT2D eigenvalue weighted by atomic mass is 10.2. The van der Waals surface area contributed by atoms with Crippen LogP contribution in [0.2, 0.25) is 0 Å². The molecule has 4 nitrogen and oxygen atoms in total. The molecule has 0 aromatic heterocycles. The van der Waals surface area contributed by atoms with Crippen LogP contribution in [0.25, 0.3) is 0 Å². The minimum Gasteiger partial charge on any atom is -0.480 e. The summed E-state index contributed by atoms with van der Waals surface area (Å²) in [7, 11) is 0. The summed E-state index contributed by atoms with van der Waals surface area (Å²) >= 11 is 0. The summed E-state index contributed by atoms with van der Waals surface area (Å²) in [5.74, 6) is -1.22. The Morgan fingerprint density at radius 3 is 2.81 bits per heavy atom. The fourth-order valence-electron chi connectivity index (χ4n) is 1.64. The summed E-state index contributed by atoms with van der Waals surface area (Å²) in [5, 5.41) is 8.61. The normalized spacial score (nSPS) is 15.2. The highest BCUT2D eigenvalue weighted by Gasteiger charge is 2.12. The van der Waals surface area contributed by atoms with E-state index in [2.05, 4.69) is 6.08 Å². The zero-order valence-electron chi connectivity index (χ0n) is 9.48. The summed E-state index contributed by atoms with van der Waals surface area (Å²) < 4.78 is 0. The van der Waals surface area contributed by atoms with Crippen molar-refractivity contribution in [2.75, 3.05) is 13.1 Å². The molecule has 4 heteroatoms. The van der Waals surface area contributed by atoms with E-state index in [-0.39, 0.29) is 12.5 Å². The van der Waals surface area contributed by atoms with Crippen LogP contribution in [0.1, 0.15) is 26.2 Å². The quantitative estimate of drug-likeness (QED) is 0.720. The Balaban J connectivity index is 2.51. The van der Waals surface area contributed by atoms with E-state index in [1.165, 1.54) is 16.5 Å². The third-order valence-corrected chi connectivity index (χ3v) is 2.54. The smallest absolute Gasteiger partial charge is 0.323 e. The molecule has 0 saturated carbocycles. The minimum atomic E-state index is -0.983. The second kappa shape index (κ2) is 6.10. The number of likely N-dealkylation sites (N-methyl/N-ethyl adjacent to an activating group) is 1. The second-order valence-corrected chi connectivity index (χ2v) is 3.75. The monoisotopic (exact) mass is 223 g/mol. The van der Waals surface area contributed by atoms with Crippen LogP contribution in [-0.4, -0.2) is 35.0 Å². The van der Waals surface area contributed by atoms with E-state index < -0.39 is 5.97 Å². The molecule has 1 aliphatic carbocycles. The number of carbonyl (C=O) groups excluding carboxylic acids is 1. The standard InChI is InChI=1S/C12H17NO3/c1-2-13(9-12(15)16)11(14)8-7-10-5-3-4-6-10/h5,7-8H,2-4,6,9H2,1H3,(H,15,16)/b8-7+. The SMILES string of the molecule is CCN(CC(=O)O)C(=O)/C=C/C1=CCCC1. The van der Waals surface area contributed by atoms with Gasteiger partial charge in [-0.1, -0.05) is 17.7 Å². The number of aliphatic carboxylic acids is 1. The molecule has 1 N–H and O–H groups in total. The van der Waals surface area contributed by atoms with Crippen LogP contribution in [-0.2, 0) is 9.59 Å². The van der Waals surface area contributed by atoms with Gasteiger partial charge in [-0.2, -0.15) is 0 Å². The maximum atomic E-state index is 11.6. The molecule has 1 amide bonds. The summed E-state index contributed by atoms with van der Waals surface area (Å²) in [4.78, 5) is 23.4. The molecule has 1 rings (SSSR count). The van der Waals surface area contributed by atoms with Crippen LogP contribution in [0.3, 0.4) is 0 Å². The number of carboxylic acid groups (broad SMARTS) is 1. The Morgan fingerprint density at radius 1 is 1.56 bits per heavy atom. The van der Waals surface area contributed by atoms with Gasteiger partial charge in [0.1, 0.15) is 6.54 Å². The van der Waals surface area contributed by atoms with Crippen LogP contribution < -0.4 is 0 Å². The van der Waals surface area contributed by atoms with Crippen LogP contribution in [0.15, 0.2) is 23.8 Å². The number of amides is 1. The molecule has 0 aliphatic heterocycles. The summed E-state index contributed by atoms with van der Waals surface area (Å²) in [6.07, 6.45) is 8.58. The molecule has 0 unspecified atom stereocenters. The van der Waals surface area contributed by atoms with Gasteiger partial charge in [-0.25, -0.2) is 0 Å². The lowest BCUT2D eigenvalue weighted by molar-refractivity contribution is -0.142. The Kier molecular flexibility index (Phi) is 4.76. The van der Waals surface area contributed by atoms with E-state index in [9.17, 15) is 9.59 Å². The predicted octanol–water partition coefficient (Wildman–Crippen LogP) is 1.59. The van der Waals surface area contributed by atoms with Crippen molar-refractivity contribution in [3.8, 4) is 0 Å². The van der Waals surface area contributed by atoms with Crippen molar-refractivity contribution in [2.24, 2.45) is 0 Å². The third kappa shape index (κ3) is 3.88.